The van der Waals surface area contributed by atoms with Crippen LogP contribution in [-0.4, -0.2) is 74.6 Å². The SMILES string of the molecule is CN1C=C(F)C=C2C(=O)N(C3CCC(NC(=O)/C(N)=C/N4C=C(F)C=CC4)CC3)C(=O)N(c3ccc4[nH]ncc4c3)C21. The Balaban J connectivity index is 1.19. The lowest BCUT2D eigenvalue weighted by Gasteiger charge is -2.48. The number of carbonyl (C=O) groups excluding carboxylic acids is 3. The van der Waals surface area contributed by atoms with E-state index in [1.807, 2.05) is 0 Å². The van der Waals surface area contributed by atoms with Gasteiger partial charge in [-0.1, -0.05) is 6.08 Å². The van der Waals surface area contributed by atoms with E-state index in [1.165, 1.54) is 50.4 Å². The topological polar surface area (TPSA) is 131 Å². The number of likely N-dealkylation sites (N-methyl/N-ethyl adjacent to an activating group) is 1. The molecule has 0 spiro atoms. The zero-order chi connectivity index (χ0) is 29.5. The zero-order valence-corrected chi connectivity index (χ0v) is 22.8. The van der Waals surface area contributed by atoms with Gasteiger partial charge < -0.3 is 20.9 Å². The number of nitrogens with zero attached hydrogens (tertiary/aromatic N) is 5. The Bertz CT molecular complexity index is 1600. The van der Waals surface area contributed by atoms with Crippen molar-refractivity contribution in [2.75, 3.05) is 18.5 Å². The Morgan fingerprint density at radius 2 is 1.90 bits per heavy atom. The van der Waals surface area contributed by atoms with E-state index in [1.54, 1.807) is 37.5 Å². The number of halogens is 2. The number of hydrogen-bond donors (Lipinski definition) is 3. The molecule has 1 atom stereocenters. The molecule has 1 aromatic heterocycles. The van der Waals surface area contributed by atoms with E-state index in [0.29, 0.717) is 37.9 Å². The highest BCUT2D eigenvalue weighted by Crippen LogP contribution is 2.37. The second kappa shape index (κ2) is 10.8. The van der Waals surface area contributed by atoms with Crippen molar-refractivity contribution in [1.82, 2.24) is 30.2 Å². The van der Waals surface area contributed by atoms with Gasteiger partial charge in [0.15, 0.2) is 0 Å². The third kappa shape index (κ3) is 5.01. The average molecular weight is 577 g/mol. The molecule has 11 nitrogen and oxygen atoms in total. The number of carbonyl (C=O) groups is 3. The molecule has 4 N–H and O–H groups in total. The second-order valence-electron chi connectivity index (χ2n) is 10.8. The van der Waals surface area contributed by atoms with E-state index >= 15 is 0 Å². The van der Waals surface area contributed by atoms with Crippen molar-refractivity contribution >= 4 is 34.4 Å². The van der Waals surface area contributed by atoms with Crippen LogP contribution in [0.3, 0.4) is 0 Å². The highest BCUT2D eigenvalue weighted by Gasteiger charge is 2.49. The number of H-pyrrole nitrogens is 1. The molecular formula is C29H30F2N8O3. The van der Waals surface area contributed by atoms with Crippen LogP contribution in [0.25, 0.3) is 10.9 Å². The molecule has 13 heteroatoms. The van der Waals surface area contributed by atoms with Crippen LogP contribution in [0.2, 0.25) is 0 Å². The number of urea groups is 1. The highest BCUT2D eigenvalue weighted by molar-refractivity contribution is 6.15. The number of anilines is 1. The minimum Gasteiger partial charge on any atom is -0.393 e. The van der Waals surface area contributed by atoms with Crippen LogP contribution in [-0.2, 0) is 9.59 Å². The van der Waals surface area contributed by atoms with Crippen molar-refractivity contribution in [2.45, 2.75) is 43.9 Å². The molecule has 3 aliphatic heterocycles. The van der Waals surface area contributed by atoms with Gasteiger partial charge >= 0.3 is 6.03 Å². The van der Waals surface area contributed by atoms with Gasteiger partial charge in [0.25, 0.3) is 11.8 Å². The normalized spacial score (nSPS) is 24.9. The van der Waals surface area contributed by atoms with Crippen molar-refractivity contribution in [3.05, 3.63) is 84.1 Å². The number of nitrogens with two attached hydrogens (primary N) is 1. The van der Waals surface area contributed by atoms with Crippen LogP contribution in [0.5, 0.6) is 0 Å². The number of nitrogens with one attached hydrogen (secondary N) is 2. The quantitative estimate of drug-likeness (QED) is 0.466. The molecule has 42 heavy (non-hydrogen) atoms. The summed E-state index contributed by atoms with van der Waals surface area (Å²) < 4.78 is 28.0. The molecule has 4 aliphatic rings. The lowest BCUT2D eigenvalue weighted by Crippen LogP contribution is -2.65. The largest absolute Gasteiger partial charge is 0.393 e. The summed E-state index contributed by atoms with van der Waals surface area (Å²) in [6.45, 7) is 0.393. The Kier molecular flexibility index (Phi) is 7.01. The summed E-state index contributed by atoms with van der Waals surface area (Å²) in [6.07, 6.45) is 10.8. The number of aromatic amines is 1. The van der Waals surface area contributed by atoms with Crippen LogP contribution >= 0.6 is 0 Å². The van der Waals surface area contributed by atoms with Crippen molar-refractivity contribution in [3.8, 4) is 0 Å². The first kappa shape index (κ1) is 27.2. The number of allylic oxidation sites excluding steroid dienone is 4. The van der Waals surface area contributed by atoms with Gasteiger partial charge in [0.05, 0.1) is 17.3 Å². The predicted molar refractivity (Wildman–Crippen MR) is 151 cm³/mol. The van der Waals surface area contributed by atoms with Gasteiger partial charge in [-0.25, -0.2) is 13.6 Å². The summed E-state index contributed by atoms with van der Waals surface area (Å²) in [5.74, 6) is -2.02. The fourth-order valence-electron chi connectivity index (χ4n) is 5.95. The molecule has 4 amide bonds. The van der Waals surface area contributed by atoms with E-state index in [9.17, 15) is 23.2 Å². The van der Waals surface area contributed by atoms with Crippen LogP contribution < -0.4 is 16.0 Å². The molecule has 1 aliphatic carbocycles. The fourth-order valence-corrected chi connectivity index (χ4v) is 5.95. The molecule has 6 rings (SSSR count). The Labute approximate surface area is 240 Å². The molecule has 2 aromatic rings. The number of hydrogen-bond acceptors (Lipinski definition) is 7. The maximum absolute atomic E-state index is 14.5. The third-order valence-corrected chi connectivity index (χ3v) is 7.96. The van der Waals surface area contributed by atoms with E-state index in [2.05, 4.69) is 15.5 Å². The molecule has 0 bridgehead atoms. The van der Waals surface area contributed by atoms with Gasteiger partial charge in [0.1, 0.15) is 23.5 Å². The summed E-state index contributed by atoms with van der Waals surface area (Å²) >= 11 is 0. The van der Waals surface area contributed by atoms with E-state index < -0.39 is 41.7 Å². The molecule has 218 valence electrons. The molecular weight excluding hydrogens is 546 g/mol. The minimum atomic E-state index is -0.811. The van der Waals surface area contributed by atoms with Crippen LogP contribution in [0, 0.1) is 0 Å². The third-order valence-electron chi connectivity index (χ3n) is 7.96. The van der Waals surface area contributed by atoms with Crippen LogP contribution in [0.4, 0.5) is 19.3 Å². The lowest BCUT2D eigenvalue weighted by molar-refractivity contribution is -0.128. The van der Waals surface area contributed by atoms with E-state index in [4.69, 9.17) is 5.73 Å². The van der Waals surface area contributed by atoms with Crippen molar-refractivity contribution in [2.24, 2.45) is 5.73 Å². The molecule has 2 fully saturated rings. The maximum atomic E-state index is 14.5. The van der Waals surface area contributed by atoms with Crippen LogP contribution in [0.15, 0.2) is 84.1 Å². The van der Waals surface area contributed by atoms with E-state index in [-0.39, 0.29) is 17.3 Å². The number of benzene rings is 1. The van der Waals surface area contributed by atoms with Crippen LogP contribution in [0.1, 0.15) is 25.7 Å². The first-order chi connectivity index (χ1) is 20.2. The summed E-state index contributed by atoms with van der Waals surface area (Å²) in [5.41, 5.74) is 7.40. The first-order valence-corrected chi connectivity index (χ1v) is 13.7. The van der Waals surface area contributed by atoms with Crippen molar-refractivity contribution in [3.63, 3.8) is 0 Å². The molecule has 1 saturated heterocycles. The number of amides is 4. The monoisotopic (exact) mass is 576 g/mol. The maximum Gasteiger partial charge on any atom is 0.333 e. The van der Waals surface area contributed by atoms with Gasteiger partial charge in [-0.2, -0.15) is 5.10 Å². The fraction of sp³-hybridized carbons (Fsp3) is 0.310. The Hall–Kier alpha value is -4.94. The van der Waals surface area contributed by atoms with Crippen molar-refractivity contribution in [1.29, 1.82) is 0 Å². The lowest BCUT2D eigenvalue weighted by atomic mass is 9.88. The summed E-state index contributed by atoms with van der Waals surface area (Å²) in [5, 5.41) is 10.6. The molecule has 1 aromatic carbocycles. The zero-order valence-electron chi connectivity index (χ0n) is 22.8. The van der Waals surface area contributed by atoms with Gasteiger partial charge in [0.2, 0.25) is 0 Å². The number of imide groups is 1. The van der Waals surface area contributed by atoms with Gasteiger partial charge in [-0.05, 0) is 56.0 Å². The van der Waals surface area contributed by atoms with Gasteiger partial charge in [-0.15, -0.1) is 0 Å². The molecule has 4 heterocycles. The second-order valence-corrected chi connectivity index (χ2v) is 10.8. The smallest absolute Gasteiger partial charge is 0.333 e. The predicted octanol–water partition coefficient (Wildman–Crippen LogP) is 3.25. The minimum absolute atomic E-state index is 0.0578. The molecule has 1 saturated carbocycles. The summed E-state index contributed by atoms with van der Waals surface area (Å²) in [6, 6.07) is 4.21. The van der Waals surface area contributed by atoms with Gasteiger partial charge in [-0.3, -0.25) is 24.5 Å². The first-order valence-electron chi connectivity index (χ1n) is 13.7. The standard InChI is InChI=1S/C29H30F2N8O3/c1-36-14-19(31)12-23-27(36)38(22-8-9-25-17(11-22)13-33-35-25)29(42)39(28(23)41)21-6-4-20(5-7-21)34-26(40)24(32)16-37-10-2-3-18(30)15-37/h2-3,8-9,11-16,20-21,27H,4-7,10,32H2,1H3,(H,33,35)(H,34,40)/b24-16-. The van der Waals surface area contributed by atoms with E-state index in [0.717, 1.165) is 10.9 Å². The number of fused-ring (bicyclic) bond motifs is 2. The summed E-state index contributed by atoms with van der Waals surface area (Å²) in [7, 11) is 1.62. The number of rotatable bonds is 5. The van der Waals surface area contributed by atoms with Crippen molar-refractivity contribution < 1.29 is 23.2 Å². The average Bonchev–Trinajstić information content (AvgIpc) is 3.43. The Morgan fingerprint density at radius 3 is 2.67 bits per heavy atom. The number of aromatic nitrogens is 2. The molecule has 0 radical (unpaired) electrons. The Morgan fingerprint density at radius 1 is 1.12 bits per heavy atom. The molecule has 1 unspecified atom stereocenters. The summed E-state index contributed by atoms with van der Waals surface area (Å²) in [4.78, 5) is 46.2. The highest BCUT2D eigenvalue weighted by atomic mass is 19.1. The van der Waals surface area contributed by atoms with Gasteiger partial charge in [0, 0.05) is 55.3 Å².